The Morgan fingerprint density at radius 2 is 1.05 bits per heavy atom. The highest BCUT2D eigenvalue weighted by atomic mass is 32.2. The summed E-state index contributed by atoms with van der Waals surface area (Å²) in [7, 11) is -4.61. The fourth-order valence-electron chi connectivity index (χ4n) is 6.99. The number of esters is 2. The van der Waals surface area contributed by atoms with Crippen LogP contribution in [-0.4, -0.2) is 96.0 Å². The molecule has 1 rings (SSSR count). The van der Waals surface area contributed by atoms with Crippen LogP contribution < -0.4 is 0 Å². The predicted molar refractivity (Wildman–Crippen MR) is 247 cm³/mol. The van der Waals surface area contributed by atoms with Gasteiger partial charge < -0.3 is 34.3 Å². The molecule has 0 radical (unpaired) electrons. The van der Waals surface area contributed by atoms with Crippen molar-refractivity contribution in [2.24, 2.45) is 0 Å². The van der Waals surface area contributed by atoms with Crippen LogP contribution in [0.4, 0.5) is 0 Å². The Kier molecular flexibility index (Phi) is 35.9. The van der Waals surface area contributed by atoms with Crippen molar-refractivity contribution in [1.82, 2.24) is 0 Å². The second kappa shape index (κ2) is 38.8. The van der Waals surface area contributed by atoms with Gasteiger partial charge in [0.2, 0.25) is 0 Å². The number of aliphatic hydroxyl groups is 3. The summed E-state index contributed by atoms with van der Waals surface area (Å²) >= 11 is 0. The van der Waals surface area contributed by atoms with E-state index >= 15 is 0 Å². The Morgan fingerprint density at radius 3 is 1.56 bits per heavy atom. The van der Waals surface area contributed by atoms with Crippen molar-refractivity contribution in [3.8, 4) is 0 Å². The highest BCUT2D eigenvalue weighted by Crippen LogP contribution is 2.24. The molecule has 0 aromatic heterocycles. The van der Waals surface area contributed by atoms with Crippen molar-refractivity contribution >= 4 is 22.1 Å². The molecule has 1 saturated heterocycles. The molecule has 62 heavy (non-hydrogen) atoms. The lowest BCUT2D eigenvalue weighted by Gasteiger charge is -2.40. The van der Waals surface area contributed by atoms with Gasteiger partial charge in [-0.1, -0.05) is 151 Å². The lowest BCUT2D eigenvalue weighted by Crippen LogP contribution is -2.60. The van der Waals surface area contributed by atoms with Gasteiger partial charge in [-0.3, -0.25) is 14.1 Å². The van der Waals surface area contributed by atoms with Gasteiger partial charge in [0, 0.05) is 12.8 Å². The van der Waals surface area contributed by atoms with Crippen molar-refractivity contribution in [2.75, 3.05) is 19.0 Å². The number of rotatable bonds is 40. The largest absolute Gasteiger partial charge is 0.462 e. The van der Waals surface area contributed by atoms with Gasteiger partial charge >= 0.3 is 11.9 Å². The summed E-state index contributed by atoms with van der Waals surface area (Å²) in [5.74, 6) is -2.03. The Hall–Kier alpha value is -2.65. The summed E-state index contributed by atoms with van der Waals surface area (Å²) in [4.78, 5) is 25.4. The third-order valence-electron chi connectivity index (χ3n) is 10.7. The third-order valence-corrected chi connectivity index (χ3v) is 11.5. The zero-order valence-corrected chi connectivity index (χ0v) is 38.9. The molecule has 13 heteroatoms. The summed E-state index contributed by atoms with van der Waals surface area (Å²) in [6.45, 7) is 5.24. The second-order valence-corrected chi connectivity index (χ2v) is 18.0. The first-order valence-corrected chi connectivity index (χ1v) is 25.4. The fourth-order valence-corrected chi connectivity index (χ4v) is 7.68. The van der Waals surface area contributed by atoms with Crippen molar-refractivity contribution < 1.29 is 56.8 Å². The van der Waals surface area contributed by atoms with Crippen LogP contribution in [-0.2, 0) is 38.7 Å². The van der Waals surface area contributed by atoms with Crippen molar-refractivity contribution in [2.45, 2.75) is 217 Å². The zero-order valence-electron chi connectivity index (χ0n) is 38.0. The maximum Gasteiger partial charge on any atom is 0.306 e. The number of carbonyl (C=O) groups excluding carboxylic acids is 2. The molecule has 0 bridgehead atoms. The number of ether oxygens (including phenoxy) is 4. The van der Waals surface area contributed by atoms with Crippen LogP contribution in [0.15, 0.2) is 61.3 Å². The summed E-state index contributed by atoms with van der Waals surface area (Å²) in [6, 6.07) is 0. The lowest BCUT2D eigenvalue weighted by molar-refractivity contribution is -0.297. The standard InChI is InChI=1S/C49H84O12S/c1-3-5-7-9-11-13-15-17-19-20-21-22-24-25-27-29-31-33-35-37-44(50)58-39-42(40-59-49-48(54)47(53)46(52)43(61-49)41-62(55,56)57)60-45(51)38-36-34-32-30-28-26-23-18-16-14-12-10-8-6-4-2/h4,11,13,17,19,21-22,25,27,42-43,46-49,52-54H,2-3,5-10,12,14-16,18,20,23-24,26,28-41H2,1H3,(H,55,56,57)/b13-11+,19-17+,22-21+,27-25+/t42-,43-,46-,47?,48?,49+/m1/s1. The highest BCUT2D eigenvalue weighted by Gasteiger charge is 2.46. The van der Waals surface area contributed by atoms with Crippen LogP contribution in [0, 0.1) is 0 Å². The first-order valence-electron chi connectivity index (χ1n) is 23.8. The van der Waals surface area contributed by atoms with Gasteiger partial charge in [0.05, 0.1) is 6.61 Å². The predicted octanol–water partition coefficient (Wildman–Crippen LogP) is 10.1. The molecule has 358 valence electrons. The van der Waals surface area contributed by atoms with Gasteiger partial charge in [0.15, 0.2) is 12.4 Å². The molecular formula is C49H84O12S. The molecule has 2 unspecified atom stereocenters. The summed E-state index contributed by atoms with van der Waals surface area (Å²) in [6.07, 6.45) is 37.2. The van der Waals surface area contributed by atoms with Gasteiger partial charge in [-0.25, -0.2) is 0 Å². The van der Waals surface area contributed by atoms with E-state index < -0.39 is 71.2 Å². The Morgan fingerprint density at radius 1 is 0.597 bits per heavy atom. The van der Waals surface area contributed by atoms with E-state index in [0.29, 0.717) is 12.8 Å². The van der Waals surface area contributed by atoms with Gasteiger partial charge in [0.1, 0.15) is 36.8 Å². The van der Waals surface area contributed by atoms with E-state index in [9.17, 15) is 37.9 Å². The van der Waals surface area contributed by atoms with Crippen LogP contribution in [0.2, 0.25) is 0 Å². The van der Waals surface area contributed by atoms with Gasteiger partial charge in [0.25, 0.3) is 10.1 Å². The van der Waals surface area contributed by atoms with E-state index in [-0.39, 0.29) is 19.4 Å². The lowest BCUT2D eigenvalue weighted by atomic mass is 10.00. The molecule has 1 fully saturated rings. The van der Waals surface area contributed by atoms with Crippen molar-refractivity contribution in [1.29, 1.82) is 0 Å². The SMILES string of the molecule is C=CCCCCCCCCCCCCCCCC(=O)O[C@H](COC(=O)CCCCC/C=C/C/C=C/C/C=C/C/C=C/CCCCC)CO[C@H]1O[C@H](CS(=O)(=O)O)[C@@H](O)C(O)C1O. The third kappa shape index (κ3) is 32.9. The number of hydrogen-bond acceptors (Lipinski definition) is 11. The van der Waals surface area contributed by atoms with Gasteiger partial charge in [-0.2, -0.15) is 8.42 Å². The average molecular weight is 897 g/mol. The number of allylic oxidation sites excluding steroid dienone is 9. The number of aliphatic hydroxyl groups excluding tert-OH is 3. The van der Waals surface area contributed by atoms with Crippen LogP contribution in [0.3, 0.4) is 0 Å². The number of carbonyl (C=O) groups is 2. The van der Waals surface area contributed by atoms with Crippen LogP contribution >= 0.6 is 0 Å². The first kappa shape index (κ1) is 57.4. The molecule has 0 spiro atoms. The maximum atomic E-state index is 12.8. The Labute approximate surface area is 375 Å². The van der Waals surface area contributed by atoms with E-state index in [0.717, 1.165) is 64.2 Å². The molecule has 0 saturated carbocycles. The van der Waals surface area contributed by atoms with Gasteiger partial charge in [-0.05, 0) is 70.6 Å². The van der Waals surface area contributed by atoms with E-state index in [1.165, 1.54) is 83.5 Å². The van der Waals surface area contributed by atoms with Gasteiger partial charge in [-0.15, -0.1) is 6.58 Å². The number of hydrogen-bond donors (Lipinski definition) is 4. The smallest absolute Gasteiger partial charge is 0.306 e. The molecule has 0 aromatic carbocycles. The minimum absolute atomic E-state index is 0.153. The molecule has 1 heterocycles. The molecule has 12 nitrogen and oxygen atoms in total. The fraction of sp³-hybridized carbons (Fsp3) is 0.755. The maximum absolute atomic E-state index is 12.8. The van der Waals surface area contributed by atoms with E-state index in [1.807, 2.05) is 6.08 Å². The molecule has 4 N–H and O–H groups in total. The zero-order chi connectivity index (χ0) is 45.5. The summed E-state index contributed by atoms with van der Waals surface area (Å²) in [5, 5.41) is 30.9. The summed E-state index contributed by atoms with van der Waals surface area (Å²) in [5.41, 5.74) is 0. The molecule has 0 aliphatic carbocycles. The minimum Gasteiger partial charge on any atom is -0.462 e. The minimum atomic E-state index is -4.61. The van der Waals surface area contributed by atoms with Crippen LogP contribution in [0.5, 0.6) is 0 Å². The van der Waals surface area contributed by atoms with Crippen molar-refractivity contribution in [3.05, 3.63) is 61.3 Å². The highest BCUT2D eigenvalue weighted by molar-refractivity contribution is 7.85. The molecule has 1 aliphatic rings. The van der Waals surface area contributed by atoms with Crippen LogP contribution in [0.25, 0.3) is 0 Å². The van der Waals surface area contributed by atoms with Crippen molar-refractivity contribution in [3.63, 3.8) is 0 Å². The summed E-state index contributed by atoms with van der Waals surface area (Å²) < 4.78 is 54.1. The Bertz CT molecular complexity index is 1360. The van der Waals surface area contributed by atoms with E-state index in [2.05, 4.69) is 62.1 Å². The van der Waals surface area contributed by atoms with E-state index in [4.69, 9.17) is 18.9 Å². The van der Waals surface area contributed by atoms with Crippen LogP contribution in [0.1, 0.15) is 180 Å². The molecule has 1 aliphatic heterocycles. The van der Waals surface area contributed by atoms with E-state index in [1.54, 1.807) is 0 Å². The molecule has 6 atom stereocenters. The average Bonchev–Trinajstić information content (AvgIpc) is 3.24. The Balaban J connectivity index is 2.44. The normalized spacial score (nSPS) is 20.2. The molecule has 0 aromatic rings. The molecular weight excluding hydrogens is 813 g/mol. The first-order chi connectivity index (χ1) is 30.0. The second-order valence-electron chi connectivity index (χ2n) is 16.5. The molecule has 0 amide bonds. The quantitative estimate of drug-likeness (QED) is 0.0198. The topological polar surface area (TPSA) is 186 Å². The number of unbranched alkanes of at least 4 members (excludes halogenated alkanes) is 19. The monoisotopic (exact) mass is 897 g/mol.